The fraction of sp³-hybridized carbons (Fsp3) is 0.524. The normalized spacial score (nSPS) is 20.0. The lowest BCUT2D eigenvalue weighted by atomic mass is 10.0. The van der Waals surface area contributed by atoms with E-state index in [4.69, 9.17) is 9.97 Å². The van der Waals surface area contributed by atoms with Crippen LogP contribution in [0.15, 0.2) is 24.3 Å². The van der Waals surface area contributed by atoms with Gasteiger partial charge in [-0.15, -0.1) is 0 Å². The average molecular weight is 434 g/mol. The molecule has 7 nitrogen and oxygen atoms in total. The molecule has 0 N–H and O–H groups in total. The van der Waals surface area contributed by atoms with Gasteiger partial charge in [0.15, 0.2) is 0 Å². The minimum Gasteiger partial charge on any atom is -0.352 e. The van der Waals surface area contributed by atoms with Crippen molar-refractivity contribution in [3.05, 3.63) is 52.7 Å². The molecule has 2 aliphatic heterocycles. The highest BCUT2D eigenvalue weighted by Crippen LogP contribution is 2.36. The van der Waals surface area contributed by atoms with E-state index in [-0.39, 0.29) is 11.9 Å². The van der Waals surface area contributed by atoms with Crippen LogP contribution in [-0.4, -0.2) is 54.2 Å². The number of hydrogen-bond donors (Lipinski definition) is 0. The maximum Gasteiger partial charge on any atom is 0.282 e. The predicted molar refractivity (Wildman–Crippen MR) is 114 cm³/mol. The molecule has 3 heterocycles. The Morgan fingerprint density at radius 3 is 2.57 bits per heavy atom. The molecule has 30 heavy (non-hydrogen) atoms. The quantitative estimate of drug-likeness (QED) is 0.725. The molecular formula is C21H28FN5O2S. The lowest BCUT2D eigenvalue weighted by Crippen LogP contribution is -2.40. The van der Waals surface area contributed by atoms with E-state index in [2.05, 4.69) is 4.90 Å². The van der Waals surface area contributed by atoms with Crippen LogP contribution in [0.3, 0.4) is 0 Å². The van der Waals surface area contributed by atoms with Crippen molar-refractivity contribution in [2.75, 3.05) is 32.1 Å². The van der Waals surface area contributed by atoms with Crippen molar-refractivity contribution in [2.45, 2.75) is 45.2 Å². The standard InChI is InChI=1S/C21H28FN5O2S/c1-15-18-6-4-12-26(14-16-8-10-17(22)11-9-16)21(18)24-20(23-15)19-7-5-13-27(19)30(28,29)25(2)3/h8-11,19H,4-7,12-14H2,1-3H3/t19-/m1/s1. The van der Waals surface area contributed by atoms with Crippen molar-refractivity contribution in [3.63, 3.8) is 0 Å². The van der Waals surface area contributed by atoms with Crippen molar-refractivity contribution in [3.8, 4) is 0 Å². The number of aromatic nitrogens is 2. The molecule has 1 fully saturated rings. The van der Waals surface area contributed by atoms with Crippen LogP contribution in [0.5, 0.6) is 0 Å². The number of aryl methyl sites for hydroxylation is 1. The van der Waals surface area contributed by atoms with Gasteiger partial charge in [0, 0.05) is 45.0 Å². The summed E-state index contributed by atoms with van der Waals surface area (Å²) in [6.45, 7) is 3.94. The van der Waals surface area contributed by atoms with E-state index < -0.39 is 10.2 Å². The molecule has 0 bridgehead atoms. The summed E-state index contributed by atoms with van der Waals surface area (Å²) in [5.74, 6) is 1.20. The van der Waals surface area contributed by atoms with Crippen LogP contribution in [0, 0.1) is 12.7 Å². The summed E-state index contributed by atoms with van der Waals surface area (Å²) in [4.78, 5) is 11.8. The van der Waals surface area contributed by atoms with Gasteiger partial charge in [0.2, 0.25) is 0 Å². The molecule has 0 unspecified atom stereocenters. The summed E-state index contributed by atoms with van der Waals surface area (Å²) in [5, 5.41) is 0. The number of anilines is 1. The highest BCUT2D eigenvalue weighted by Gasteiger charge is 2.39. The lowest BCUT2D eigenvalue weighted by molar-refractivity contribution is 0.352. The molecule has 1 atom stereocenters. The summed E-state index contributed by atoms with van der Waals surface area (Å²) in [7, 11) is -0.437. The summed E-state index contributed by atoms with van der Waals surface area (Å²) in [5.41, 5.74) is 3.04. The number of nitrogens with zero attached hydrogens (tertiary/aromatic N) is 5. The summed E-state index contributed by atoms with van der Waals surface area (Å²) < 4.78 is 41.6. The first-order valence-electron chi connectivity index (χ1n) is 10.3. The second-order valence-electron chi connectivity index (χ2n) is 8.18. The van der Waals surface area contributed by atoms with Gasteiger partial charge in [0.1, 0.15) is 17.5 Å². The molecule has 0 aliphatic carbocycles. The monoisotopic (exact) mass is 433 g/mol. The van der Waals surface area contributed by atoms with E-state index >= 15 is 0 Å². The Hall–Kier alpha value is -2.10. The van der Waals surface area contributed by atoms with E-state index in [0.29, 0.717) is 25.3 Å². The van der Waals surface area contributed by atoms with Crippen LogP contribution < -0.4 is 4.90 Å². The number of halogens is 1. The number of benzene rings is 1. The Morgan fingerprint density at radius 2 is 1.87 bits per heavy atom. The minimum absolute atomic E-state index is 0.248. The number of hydrogen-bond acceptors (Lipinski definition) is 5. The molecule has 4 rings (SSSR count). The van der Waals surface area contributed by atoms with Crippen LogP contribution in [0.1, 0.15) is 47.9 Å². The zero-order chi connectivity index (χ0) is 21.5. The van der Waals surface area contributed by atoms with Gasteiger partial charge in [-0.1, -0.05) is 12.1 Å². The molecule has 0 saturated carbocycles. The van der Waals surface area contributed by atoms with Crippen molar-refractivity contribution >= 4 is 16.0 Å². The molecule has 9 heteroatoms. The Labute approximate surface area is 177 Å². The minimum atomic E-state index is -3.54. The zero-order valence-corrected chi connectivity index (χ0v) is 18.5. The van der Waals surface area contributed by atoms with Gasteiger partial charge in [-0.25, -0.2) is 14.4 Å². The smallest absolute Gasteiger partial charge is 0.282 e. The van der Waals surface area contributed by atoms with Crippen LogP contribution in [0.4, 0.5) is 10.2 Å². The fourth-order valence-electron chi connectivity index (χ4n) is 4.31. The first kappa shape index (κ1) is 21.1. The van der Waals surface area contributed by atoms with Gasteiger partial charge in [-0.05, 0) is 50.3 Å². The lowest BCUT2D eigenvalue weighted by Gasteiger charge is -2.32. The second kappa shape index (κ2) is 8.20. The molecule has 1 aromatic carbocycles. The molecule has 1 saturated heterocycles. The van der Waals surface area contributed by atoms with Gasteiger partial charge in [0.05, 0.1) is 6.04 Å². The van der Waals surface area contributed by atoms with Crippen LogP contribution in [-0.2, 0) is 23.2 Å². The van der Waals surface area contributed by atoms with Crippen LogP contribution in [0.2, 0.25) is 0 Å². The predicted octanol–water partition coefficient (Wildman–Crippen LogP) is 2.82. The second-order valence-corrected chi connectivity index (χ2v) is 10.3. The van der Waals surface area contributed by atoms with Crippen molar-refractivity contribution in [2.24, 2.45) is 0 Å². The van der Waals surface area contributed by atoms with E-state index in [9.17, 15) is 12.8 Å². The summed E-state index contributed by atoms with van der Waals surface area (Å²) in [6.07, 6.45) is 3.41. The Kier molecular flexibility index (Phi) is 5.78. The SMILES string of the molecule is Cc1nc([C@H]2CCCN2S(=O)(=O)N(C)C)nc2c1CCCN2Cc1ccc(F)cc1. The number of fused-ring (bicyclic) bond motifs is 1. The maximum absolute atomic E-state index is 13.3. The third kappa shape index (κ3) is 3.93. The van der Waals surface area contributed by atoms with E-state index in [1.807, 2.05) is 6.92 Å². The van der Waals surface area contributed by atoms with E-state index in [1.165, 1.54) is 20.7 Å². The van der Waals surface area contributed by atoms with Gasteiger partial charge in [-0.2, -0.15) is 17.0 Å². The third-order valence-electron chi connectivity index (χ3n) is 5.91. The van der Waals surface area contributed by atoms with Crippen molar-refractivity contribution in [1.29, 1.82) is 0 Å². The molecule has 0 spiro atoms. The third-order valence-corrected chi connectivity index (χ3v) is 7.86. The maximum atomic E-state index is 13.3. The topological polar surface area (TPSA) is 69.6 Å². The Balaban J connectivity index is 1.69. The van der Waals surface area contributed by atoms with Gasteiger partial charge in [0.25, 0.3) is 10.2 Å². The molecule has 2 aromatic rings. The average Bonchev–Trinajstić information content (AvgIpc) is 3.21. The van der Waals surface area contributed by atoms with Crippen molar-refractivity contribution < 1.29 is 12.8 Å². The van der Waals surface area contributed by atoms with Crippen LogP contribution >= 0.6 is 0 Å². The van der Waals surface area contributed by atoms with E-state index in [0.717, 1.165) is 48.4 Å². The summed E-state index contributed by atoms with van der Waals surface area (Å²) >= 11 is 0. The Bertz CT molecular complexity index is 1030. The molecule has 1 aromatic heterocycles. The molecule has 162 valence electrons. The van der Waals surface area contributed by atoms with Crippen molar-refractivity contribution in [1.82, 2.24) is 18.6 Å². The highest BCUT2D eigenvalue weighted by molar-refractivity contribution is 7.86. The van der Waals surface area contributed by atoms with E-state index in [1.54, 1.807) is 26.2 Å². The largest absolute Gasteiger partial charge is 0.352 e. The number of rotatable bonds is 5. The highest BCUT2D eigenvalue weighted by atomic mass is 32.2. The molecule has 0 amide bonds. The van der Waals surface area contributed by atoms with Gasteiger partial charge >= 0.3 is 0 Å². The fourth-order valence-corrected chi connectivity index (χ4v) is 5.61. The first-order chi connectivity index (χ1) is 14.3. The summed E-state index contributed by atoms with van der Waals surface area (Å²) in [6, 6.07) is 6.18. The molecular weight excluding hydrogens is 405 g/mol. The van der Waals surface area contributed by atoms with Gasteiger partial charge < -0.3 is 4.90 Å². The first-order valence-corrected chi connectivity index (χ1v) is 11.7. The molecule has 2 aliphatic rings. The molecule has 0 radical (unpaired) electrons. The zero-order valence-electron chi connectivity index (χ0n) is 17.7. The Morgan fingerprint density at radius 1 is 1.13 bits per heavy atom. The van der Waals surface area contributed by atoms with Gasteiger partial charge in [-0.3, -0.25) is 0 Å². The van der Waals surface area contributed by atoms with Crippen LogP contribution in [0.25, 0.3) is 0 Å².